The number of fused-ring (bicyclic) bond motifs is 1. The van der Waals surface area contributed by atoms with Crippen molar-refractivity contribution in [3.8, 4) is 5.75 Å². The first-order valence-electron chi connectivity index (χ1n) is 7.24. The summed E-state index contributed by atoms with van der Waals surface area (Å²) in [5.74, 6) is 1.83. The van der Waals surface area contributed by atoms with Gasteiger partial charge in [0.1, 0.15) is 12.4 Å². The van der Waals surface area contributed by atoms with Gasteiger partial charge >= 0.3 is 0 Å². The summed E-state index contributed by atoms with van der Waals surface area (Å²) in [6.45, 7) is 3.50. The van der Waals surface area contributed by atoms with Crippen LogP contribution >= 0.6 is 35.8 Å². The summed E-state index contributed by atoms with van der Waals surface area (Å²) in [7, 11) is 0. The lowest BCUT2D eigenvalue weighted by molar-refractivity contribution is 0.295. The summed E-state index contributed by atoms with van der Waals surface area (Å²) in [6, 6.07) is 15.6. The molecule has 6 heteroatoms. The molecule has 0 fully saturated rings. The lowest BCUT2D eigenvalue weighted by Crippen LogP contribution is -2.09. The van der Waals surface area contributed by atoms with Gasteiger partial charge in [0.05, 0.1) is 17.6 Å². The van der Waals surface area contributed by atoms with Crippen LogP contribution in [0.2, 0.25) is 5.02 Å². The second kappa shape index (κ2) is 8.48. The molecular weight excluding hydrogens is 351 g/mol. The number of imidazole rings is 1. The third kappa shape index (κ3) is 4.34. The average Bonchev–Trinajstić information content (AvgIpc) is 2.88. The lowest BCUT2D eigenvalue weighted by atomic mass is 10.3. The van der Waals surface area contributed by atoms with E-state index in [1.165, 1.54) is 0 Å². The Morgan fingerprint density at radius 2 is 1.87 bits per heavy atom. The maximum absolute atomic E-state index is 5.88. The number of hydrogen-bond donors (Lipinski definition) is 0. The fraction of sp³-hybridized carbons (Fsp3) is 0.235. The van der Waals surface area contributed by atoms with Crippen molar-refractivity contribution in [1.29, 1.82) is 0 Å². The summed E-state index contributed by atoms with van der Waals surface area (Å²) in [6.07, 6.45) is 0. The van der Waals surface area contributed by atoms with Crippen LogP contribution in [0, 0.1) is 0 Å². The van der Waals surface area contributed by atoms with Crippen LogP contribution in [0.1, 0.15) is 6.92 Å². The van der Waals surface area contributed by atoms with Crippen LogP contribution in [0.3, 0.4) is 0 Å². The van der Waals surface area contributed by atoms with Crippen LogP contribution in [0.25, 0.3) is 11.0 Å². The van der Waals surface area contributed by atoms with Crippen molar-refractivity contribution < 1.29 is 4.74 Å². The van der Waals surface area contributed by atoms with E-state index < -0.39 is 0 Å². The molecule has 0 spiro atoms. The monoisotopic (exact) mass is 368 g/mol. The first kappa shape index (κ1) is 18.0. The van der Waals surface area contributed by atoms with Crippen LogP contribution in [-0.4, -0.2) is 21.9 Å². The Hall–Kier alpha value is -1.36. The molecule has 2 aromatic carbocycles. The van der Waals surface area contributed by atoms with Gasteiger partial charge in [-0.3, -0.25) is 0 Å². The van der Waals surface area contributed by atoms with Gasteiger partial charge in [-0.2, -0.15) is 0 Å². The van der Waals surface area contributed by atoms with E-state index in [1.54, 1.807) is 11.8 Å². The predicted molar refractivity (Wildman–Crippen MR) is 100 cm³/mol. The highest BCUT2D eigenvalue weighted by Gasteiger charge is 2.10. The minimum absolute atomic E-state index is 0. The normalized spacial score (nSPS) is 10.5. The van der Waals surface area contributed by atoms with Crippen molar-refractivity contribution in [2.75, 3.05) is 12.4 Å². The number of halogens is 2. The van der Waals surface area contributed by atoms with Crippen LogP contribution in [0.4, 0.5) is 0 Å². The summed E-state index contributed by atoms with van der Waals surface area (Å²) in [5.41, 5.74) is 2.18. The number of para-hydroxylation sites is 2. The molecule has 0 saturated carbocycles. The first-order chi connectivity index (χ1) is 10.8. The largest absolute Gasteiger partial charge is 0.492 e. The molecule has 0 amide bonds. The van der Waals surface area contributed by atoms with E-state index in [0.29, 0.717) is 6.61 Å². The number of thioether (sulfide) groups is 1. The maximum atomic E-state index is 5.88. The number of aromatic nitrogens is 2. The molecule has 0 radical (unpaired) electrons. The van der Waals surface area contributed by atoms with Gasteiger partial charge in [0.2, 0.25) is 0 Å². The van der Waals surface area contributed by atoms with E-state index >= 15 is 0 Å². The Kier molecular flexibility index (Phi) is 6.63. The third-order valence-electron chi connectivity index (χ3n) is 3.29. The third-order valence-corrected chi connectivity index (χ3v) is 4.40. The van der Waals surface area contributed by atoms with Crippen molar-refractivity contribution in [3.63, 3.8) is 0 Å². The van der Waals surface area contributed by atoms with Crippen LogP contribution < -0.4 is 4.74 Å². The number of hydrogen-bond acceptors (Lipinski definition) is 3. The zero-order valence-electron chi connectivity index (χ0n) is 12.7. The smallest absolute Gasteiger partial charge is 0.169 e. The summed E-state index contributed by atoms with van der Waals surface area (Å²) in [5, 5.41) is 1.76. The first-order valence-corrected chi connectivity index (χ1v) is 8.60. The summed E-state index contributed by atoms with van der Waals surface area (Å²) < 4.78 is 8.02. The summed E-state index contributed by atoms with van der Waals surface area (Å²) in [4.78, 5) is 4.69. The molecule has 0 aliphatic rings. The van der Waals surface area contributed by atoms with Gasteiger partial charge in [0, 0.05) is 5.02 Å². The topological polar surface area (TPSA) is 27.1 Å². The number of benzene rings is 2. The van der Waals surface area contributed by atoms with E-state index in [0.717, 1.165) is 39.3 Å². The molecule has 0 N–H and O–H groups in total. The van der Waals surface area contributed by atoms with Crippen molar-refractivity contribution in [2.45, 2.75) is 18.6 Å². The van der Waals surface area contributed by atoms with Gasteiger partial charge in [0.25, 0.3) is 0 Å². The molecule has 0 saturated heterocycles. The van der Waals surface area contributed by atoms with E-state index in [9.17, 15) is 0 Å². The Bertz CT molecular complexity index is 759. The van der Waals surface area contributed by atoms with Gasteiger partial charge in [-0.15, -0.1) is 12.4 Å². The molecule has 1 heterocycles. The molecular formula is C17H18Cl2N2OS. The van der Waals surface area contributed by atoms with Crippen molar-refractivity contribution >= 4 is 46.8 Å². The molecule has 0 atom stereocenters. The SMILES string of the molecule is CCSc1nc2ccccc2n1CCOc1ccc(Cl)cc1.Cl. The van der Waals surface area contributed by atoms with Crippen molar-refractivity contribution in [2.24, 2.45) is 0 Å². The number of rotatable bonds is 6. The highest BCUT2D eigenvalue weighted by Crippen LogP contribution is 2.24. The Balaban J connectivity index is 0.00000192. The fourth-order valence-corrected chi connectivity index (χ4v) is 3.19. The Morgan fingerprint density at radius 1 is 1.13 bits per heavy atom. The van der Waals surface area contributed by atoms with Gasteiger partial charge in [-0.05, 0) is 42.2 Å². The van der Waals surface area contributed by atoms with Crippen LogP contribution in [-0.2, 0) is 6.54 Å². The minimum Gasteiger partial charge on any atom is -0.492 e. The second-order valence-corrected chi connectivity index (χ2v) is 6.44. The van der Waals surface area contributed by atoms with E-state index in [4.69, 9.17) is 21.3 Å². The molecule has 0 aliphatic carbocycles. The minimum atomic E-state index is 0. The van der Waals surface area contributed by atoms with Crippen LogP contribution in [0.15, 0.2) is 53.7 Å². The molecule has 122 valence electrons. The zero-order chi connectivity index (χ0) is 15.4. The fourth-order valence-electron chi connectivity index (χ4n) is 2.29. The standard InChI is InChI=1S/C17H17ClN2OS.ClH/c1-2-22-17-19-15-5-3-4-6-16(15)20(17)11-12-21-14-9-7-13(18)8-10-14;/h3-10H,2,11-12H2,1H3;1H. The van der Waals surface area contributed by atoms with Gasteiger partial charge < -0.3 is 9.30 Å². The molecule has 0 aliphatic heterocycles. The Morgan fingerprint density at radius 3 is 2.61 bits per heavy atom. The molecule has 3 aromatic rings. The van der Waals surface area contributed by atoms with Crippen molar-refractivity contribution in [3.05, 3.63) is 53.6 Å². The van der Waals surface area contributed by atoms with Gasteiger partial charge in [0.15, 0.2) is 5.16 Å². The molecule has 3 rings (SSSR count). The molecule has 23 heavy (non-hydrogen) atoms. The van der Waals surface area contributed by atoms with Crippen LogP contribution in [0.5, 0.6) is 5.75 Å². The quantitative estimate of drug-likeness (QED) is 0.552. The zero-order valence-corrected chi connectivity index (χ0v) is 15.1. The average molecular weight is 369 g/mol. The highest BCUT2D eigenvalue weighted by atomic mass is 35.5. The van der Waals surface area contributed by atoms with Gasteiger partial charge in [-0.25, -0.2) is 4.98 Å². The lowest BCUT2D eigenvalue weighted by Gasteiger charge is -2.10. The molecule has 0 unspecified atom stereocenters. The molecule has 0 bridgehead atoms. The number of ether oxygens (including phenoxy) is 1. The van der Waals surface area contributed by atoms with Gasteiger partial charge in [-0.1, -0.05) is 42.4 Å². The molecule has 3 nitrogen and oxygen atoms in total. The van der Waals surface area contributed by atoms with Crippen molar-refractivity contribution in [1.82, 2.24) is 9.55 Å². The van der Waals surface area contributed by atoms with E-state index in [2.05, 4.69) is 17.6 Å². The number of nitrogens with zero attached hydrogens (tertiary/aromatic N) is 2. The highest BCUT2D eigenvalue weighted by molar-refractivity contribution is 7.99. The Labute approximate surface area is 151 Å². The summed E-state index contributed by atoms with van der Waals surface area (Å²) >= 11 is 7.63. The maximum Gasteiger partial charge on any atom is 0.169 e. The van der Waals surface area contributed by atoms with E-state index in [1.807, 2.05) is 42.5 Å². The predicted octanol–water partition coefficient (Wildman–Crippen LogP) is 5.30. The second-order valence-electron chi connectivity index (χ2n) is 4.77. The molecule has 1 aromatic heterocycles. The van der Waals surface area contributed by atoms with E-state index in [-0.39, 0.29) is 12.4 Å².